The third kappa shape index (κ3) is 19.2. The molecule has 8 aromatic carbocycles. The van der Waals surface area contributed by atoms with Gasteiger partial charge in [-0.1, -0.05) is 121 Å². The second kappa shape index (κ2) is 35.1. The lowest BCUT2D eigenvalue weighted by Gasteiger charge is -2.42. The second-order valence-corrected chi connectivity index (χ2v) is 25.7. The van der Waals surface area contributed by atoms with E-state index in [1.165, 1.54) is 21.6 Å². The molecule has 2 amide bonds. The molecule has 0 aliphatic carbocycles. The number of ether oxygens (including phenoxy) is 2. The average Bonchev–Trinajstić information content (AvgIpc) is 0.722. The minimum Gasteiger partial charge on any atom is -0.383 e. The summed E-state index contributed by atoms with van der Waals surface area (Å²) in [6.07, 6.45) is -9.67. The fourth-order valence-electron chi connectivity index (χ4n) is 11.9. The molecule has 2 aliphatic rings. The van der Waals surface area contributed by atoms with Gasteiger partial charge >= 0.3 is 12.4 Å². The summed E-state index contributed by atoms with van der Waals surface area (Å²) >= 11 is 0.0871. The van der Waals surface area contributed by atoms with Crippen molar-refractivity contribution in [3.8, 4) is 22.3 Å². The molecule has 556 valence electrons. The van der Waals surface area contributed by atoms with Gasteiger partial charge in [0.25, 0.3) is 0 Å². The number of para-hydroxylation sites is 1. The van der Waals surface area contributed by atoms with Crippen LogP contribution in [0.25, 0.3) is 44.1 Å². The summed E-state index contributed by atoms with van der Waals surface area (Å²) in [6.45, 7) is -2.17. The molecule has 2 fully saturated rings. The Kier molecular flexibility index (Phi) is 16.2. The minimum absolute atomic E-state index is 0.0167. The summed E-state index contributed by atoms with van der Waals surface area (Å²) in [4.78, 5) is 63.1. The maximum Gasteiger partial charge on any atom is 0.416 e. The van der Waals surface area contributed by atoms with Crippen LogP contribution in [0.4, 0.5) is 43.9 Å². The summed E-state index contributed by atoms with van der Waals surface area (Å²) in [5.41, 5.74) is -15.9. The number of benzene rings is 8. The quantitative estimate of drug-likeness (QED) is 0.0428. The molecule has 1 atom stereocenters. The van der Waals surface area contributed by atoms with Crippen LogP contribution in [0.3, 0.4) is 0 Å². The lowest BCUT2D eigenvalue weighted by atomic mass is 9.96. The van der Waals surface area contributed by atoms with Crippen LogP contribution in [0.5, 0.6) is 0 Å². The Bertz CT molecular complexity index is 6280. The summed E-state index contributed by atoms with van der Waals surface area (Å²) in [5.74, 6) is -8.94. The third-order valence-corrected chi connectivity index (χ3v) is 19.0. The van der Waals surface area contributed by atoms with Crippen LogP contribution in [0.1, 0.15) is 116 Å². The Morgan fingerprint density at radius 2 is 1.15 bits per heavy atom. The van der Waals surface area contributed by atoms with E-state index in [1.54, 1.807) is 60.4 Å². The van der Waals surface area contributed by atoms with E-state index in [0.717, 1.165) is 43.3 Å². The largest absolute Gasteiger partial charge is 0.416 e. The molecule has 0 N–H and O–H groups in total. The zero-order chi connectivity index (χ0) is 99.8. The number of fused-ring (bicyclic) bond motifs is 2. The van der Waals surface area contributed by atoms with Crippen molar-refractivity contribution < 1.29 is 101 Å². The fourth-order valence-corrected chi connectivity index (χ4v) is 13.4. The van der Waals surface area contributed by atoms with Crippen molar-refractivity contribution in [2.45, 2.75) is 111 Å². The minimum atomic E-state index is -5.43. The molecule has 10 aromatic rings. The van der Waals surface area contributed by atoms with Crippen molar-refractivity contribution >= 4 is 57.1 Å². The van der Waals surface area contributed by atoms with E-state index < -0.39 is 267 Å². The van der Waals surface area contributed by atoms with Crippen LogP contribution < -0.4 is 10.9 Å². The third-order valence-electron chi connectivity index (χ3n) is 17.3. The summed E-state index contributed by atoms with van der Waals surface area (Å²) < 4.78 is 389. The first-order valence-corrected chi connectivity index (χ1v) is 34.1. The van der Waals surface area contributed by atoms with Crippen LogP contribution in [0.2, 0.25) is 0 Å². The van der Waals surface area contributed by atoms with E-state index in [4.69, 9.17) is 43.7 Å². The Morgan fingerprint density at radius 3 is 1.78 bits per heavy atom. The van der Waals surface area contributed by atoms with Crippen molar-refractivity contribution in [3.05, 3.63) is 270 Å². The zero-order valence-electron chi connectivity index (χ0n) is 84.0. The van der Waals surface area contributed by atoms with Crippen molar-refractivity contribution in [1.29, 1.82) is 0 Å². The highest BCUT2D eigenvalue weighted by Crippen LogP contribution is 2.37. The molecule has 4 heterocycles. The van der Waals surface area contributed by atoms with Crippen molar-refractivity contribution in [2.75, 3.05) is 66.6 Å². The standard InChI is InChI=1S/2C41H40F5N3O3S/c1-27(28-10-12-29(13-11-28)30-14-16-32(17-15-30)41(44,45)46)49(33-18-20-47(21-19-33)22-23-52-2)38(51)25-48-36-9-4-3-7-34(36)37(50)24-39(48)53-26-31-6-5-8-35(42)40(31)43;1-27-6-15-36-34(22-27)37(50)23-39(53-26-31-4-3-5-35(42)40(31)43)49(36)25-38(51)48(33-16-18-47(19-17-33)20-21-52-2)24-28-7-9-29(10-8-28)30-11-13-32(14-12-30)41(44,45)46/h3-17,24,27,33H,18-23,25-26H2,1-2H3;3-15,22-23,33H,16-21,24-26H2,1-2H3/i2D3,26D2,27D;2D3,3D,4D,5D,6D,7D,8D,9D,10D,11D,12D,13D,14D,15D,22D,23D,24D2,26D2. The van der Waals surface area contributed by atoms with Gasteiger partial charge in [-0.2, -0.15) is 26.3 Å². The lowest BCUT2D eigenvalue weighted by molar-refractivity contribution is -0.138. The predicted octanol–water partition coefficient (Wildman–Crippen LogP) is 17.7. The molecule has 12 rings (SSSR count). The molecule has 106 heavy (non-hydrogen) atoms. The summed E-state index contributed by atoms with van der Waals surface area (Å²) in [6, 6.07) is -1.20. The van der Waals surface area contributed by atoms with Gasteiger partial charge in [-0.15, -0.1) is 23.5 Å². The first kappa shape index (κ1) is 49.0. The number of nitrogens with zero attached hydrogens (tertiary/aromatic N) is 6. The highest BCUT2D eigenvalue weighted by atomic mass is 32.2. The molecule has 0 radical (unpaired) electrons. The molecule has 2 aromatic heterocycles. The Labute approximate surface area is 655 Å². The van der Waals surface area contributed by atoms with Crippen molar-refractivity contribution in [3.63, 3.8) is 0 Å². The normalized spacial score (nSPS) is 19.2. The Balaban J connectivity index is 0.000000265. The van der Waals surface area contributed by atoms with E-state index in [9.17, 15) is 58.0 Å². The van der Waals surface area contributed by atoms with Crippen LogP contribution in [-0.4, -0.2) is 119 Å². The number of carbonyl (C=O) groups excluding carboxylic acids is 2. The number of piperidine rings is 2. The zero-order valence-corrected chi connectivity index (χ0v) is 57.7. The van der Waals surface area contributed by atoms with Gasteiger partial charge in [0.1, 0.15) is 13.1 Å². The molecule has 1 unspecified atom stereocenters. The van der Waals surface area contributed by atoms with Gasteiger partial charge in [0.2, 0.25) is 11.8 Å². The van der Waals surface area contributed by atoms with Gasteiger partial charge in [-0.05, 0) is 133 Å². The van der Waals surface area contributed by atoms with Crippen LogP contribution in [0.15, 0.2) is 207 Å². The number of halogens is 10. The maximum atomic E-state index is 15.6. The number of carbonyl (C=O) groups is 2. The summed E-state index contributed by atoms with van der Waals surface area (Å²) in [7, 11) is -5.33. The molecule has 0 spiro atoms. The number of aromatic nitrogens is 2. The number of rotatable bonds is 24. The maximum absolute atomic E-state index is 15.6. The summed E-state index contributed by atoms with van der Waals surface area (Å²) in [5, 5.41) is -1.69. The van der Waals surface area contributed by atoms with Gasteiger partial charge in [0.05, 0.1) is 84.3 Å². The first-order chi connectivity index (χ1) is 62.0. The highest BCUT2D eigenvalue weighted by molar-refractivity contribution is 7.98. The van der Waals surface area contributed by atoms with E-state index in [-0.39, 0.29) is 78.9 Å². The monoisotopic (exact) mass is 1530 g/mol. The van der Waals surface area contributed by atoms with Crippen LogP contribution in [-0.2, 0) is 62.4 Å². The number of likely N-dealkylation sites (tertiary alicyclic amines) is 2. The van der Waals surface area contributed by atoms with Gasteiger partial charge in [-0.25, -0.2) is 17.6 Å². The van der Waals surface area contributed by atoms with Crippen molar-refractivity contribution in [2.24, 2.45) is 0 Å². The molecule has 2 aliphatic heterocycles. The Morgan fingerprint density at radius 1 is 0.585 bits per heavy atom. The number of amides is 2. The number of hydrogen-bond donors (Lipinski definition) is 0. The highest BCUT2D eigenvalue weighted by Gasteiger charge is 2.35. The predicted molar refractivity (Wildman–Crippen MR) is 395 cm³/mol. The Hall–Kier alpha value is -9.04. The van der Waals surface area contributed by atoms with E-state index in [2.05, 4.69) is 0 Å². The average molecular weight is 1530 g/mol. The number of hydrogen-bond acceptors (Lipinski definition) is 10. The van der Waals surface area contributed by atoms with E-state index in [0.29, 0.717) is 70.4 Å². The number of alkyl halides is 6. The lowest BCUT2D eigenvalue weighted by Crippen LogP contribution is -2.49. The molecule has 0 saturated carbocycles. The van der Waals surface area contributed by atoms with E-state index >= 15 is 9.18 Å². The fraction of sp³-hybridized carbons (Fsp3) is 0.317. The smallest absolute Gasteiger partial charge is 0.383 e. The molecule has 0 bridgehead atoms. The molecule has 2 saturated heterocycles. The first-order valence-electron chi connectivity index (χ1n) is 46.5. The van der Waals surface area contributed by atoms with Gasteiger partial charge in [-0.3, -0.25) is 19.2 Å². The molecule has 12 nitrogen and oxygen atoms in total. The van der Waals surface area contributed by atoms with Crippen molar-refractivity contribution in [1.82, 2.24) is 28.7 Å². The SMILES string of the molecule is [2H]C([2H])([2H])OCCN1CCC(N(C(=O)Cn2c(SC([2H])([2H])c3cccc(F)c3F)cc(=O)c3ccccc32)C([2H])(C)c2ccc(-c3ccc(C(F)(F)F)cc3)cc2)CC1.[2H]c1c([2H])c(F)c(F)c(C([2H])([2H])Sc2c([2H])c(=O)c3c([2H])c(C)c([2H])c([2H])c3n2CC(=O)N(C2CCN(CCOC([2H])([2H])[2H])CC2)C([2H])([2H])c2c([2H])c([2H])c(-c3c([2H])c([2H])c(C(F)(F)F)c([2H])c3[2H])c([2H])c2[2H])c1[2H]. The van der Waals surface area contributed by atoms with Gasteiger partial charge < -0.3 is 38.2 Å². The van der Waals surface area contributed by atoms with Crippen LogP contribution >= 0.6 is 23.5 Å². The number of thioether (sulfide) groups is 2. The second-order valence-electron chi connectivity index (χ2n) is 24.1. The molecular formula is C82H80F10N6O6S2. The van der Waals surface area contributed by atoms with E-state index in [1.807, 2.05) is 4.90 Å². The van der Waals surface area contributed by atoms with Gasteiger partial charge in [0.15, 0.2) is 34.1 Å². The number of methoxy groups -OCH3 is 2. The molecular weight excluding hydrogens is 1420 g/mol. The topological polar surface area (TPSA) is 110 Å². The van der Waals surface area contributed by atoms with Crippen LogP contribution in [0, 0.1) is 30.2 Å². The molecule has 24 heteroatoms. The van der Waals surface area contributed by atoms with Gasteiger partial charge in [0, 0.05) is 123 Å². The number of pyridine rings is 2.